The quantitative estimate of drug-likeness (QED) is 0.891. The van der Waals surface area contributed by atoms with Crippen LogP contribution in [0.5, 0.6) is 0 Å². The van der Waals surface area contributed by atoms with E-state index in [4.69, 9.17) is 11.6 Å². The van der Waals surface area contributed by atoms with E-state index in [1.54, 1.807) is 12.1 Å². The van der Waals surface area contributed by atoms with Crippen LogP contribution in [0, 0.1) is 5.82 Å². The molecule has 0 radical (unpaired) electrons. The maximum Gasteiger partial charge on any atom is 0.146 e. The summed E-state index contributed by atoms with van der Waals surface area (Å²) in [4.78, 5) is 2.06. The van der Waals surface area contributed by atoms with Crippen molar-refractivity contribution in [2.45, 2.75) is 25.8 Å². The molecule has 1 aliphatic rings. The lowest BCUT2D eigenvalue weighted by molar-refractivity contribution is 0.548. The molecule has 1 atom stereocenters. The molecule has 17 heavy (non-hydrogen) atoms. The minimum Gasteiger partial charge on any atom is -0.368 e. The molecule has 2 nitrogen and oxygen atoms in total. The van der Waals surface area contributed by atoms with Gasteiger partial charge in [0, 0.05) is 24.2 Å². The minimum atomic E-state index is -0.189. The Labute approximate surface area is 107 Å². The van der Waals surface area contributed by atoms with E-state index in [2.05, 4.69) is 17.1 Å². The van der Waals surface area contributed by atoms with Crippen molar-refractivity contribution in [1.82, 2.24) is 5.32 Å². The van der Waals surface area contributed by atoms with Gasteiger partial charge >= 0.3 is 0 Å². The number of rotatable bonds is 4. The summed E-state index contributed by atoms with van der Waals surface area (Å²) in [5, 5.41) is 4.06. The number of hydrogen-bond donors (Lipinski definition) is 1. The summed E-state index contributed by atoms with van der Waals surface area (Å²) in [6, 6.07) is 5.20. The van der Waals surface area contributed by atoms with E-state index in [9.17, 15) is 4.39 Å². The second-order valence-corrected chi connectivity index (χ2v) is 4.92. The van der Waals surface area contributed by atoms with E-state index >= 15 is 0 Å². The highest BCUT2D eigenvalue weighted by Crippen LogP contribution is 2.26. The van der Waals surface area contributed by atoms with Crippen molar-refractivity contribution >= 4 is 17.3 Å². The standard InChI is InChI=1S/C13H18ClFN2/c1-2-6-16-11-5-7-17(9-11)13-8-10(14)3-4-12(13)15/h3-4,8,11,16H,2,5-7,9H2,1H3. The first-order valence-corrected chi connectivity index (χ1v) is 6.52. The number of nitrogens with zero attached hydrogens (tertiary/aromatic N) is 1. The molecule has 1 aromatic rings. The average molecular weight is 257 g/mol. The van der Waals surface area contributed by atoms with Gasteiger partial charge in [-0.1, -0.05) is 18.5 Å². The Morgan fingerprint density at radius 1 is 1.53 bits per heavy atom. The van der Waals surface area contributed by atoms with Crippen LogP contribution in [-0.2, 0) is 0 Å². The van der Waals surface area contributed by atoms with Crippen LogP contribution in [0.1, 0.15) is 19.8 Å². The number of anilines is 1. The number of halogens is 2. The third kappa shape index (κ3) is 3.11. The number of hydrogen-bond acceptors (Lipinski definition) is 2. The molecular formula is C13H18ClFN2. The van der Waals surface area contributed by atoms with Gasteiger partial charge in [0.15, 0.2) is 0 Å². The van der Waals surface area contributed by atoms with Gasteiger partial charge in [0.05, 0.1) is 5.69 Å². The van der Waals surface area contributed by atoms with Crippen molar-refractivity contribution in [3.05, 3.63) is 29.0 Å². The average Bonchev–Trinajstić information content (AvgIpc) is 2.78. The van der Waals surface area contributed by atoms with Crippen LogP contribution in [0.15, 0.2) is 18.2 Å². The van der Waals surface area contributed by atoms with Gasteiger partial charge in [0.1, 0.15) is 5.82 Å². The monoisotopic (exact) mass is 256 g/mol. The maximum absolute atomic E-state index is 13.7. The van der Waals surface area contributed by atoms with Crippen molar-refractivity contribution < 1.29 is 4.39 Å². The summed E-state index contributed by atoms with van der Waals surface area (Å²) in [5.41, 5.74) is 0.623. The second-order valence-electron chi connectivity index (χ2n) is 4.48. The predicted molar refractivity (Wildman–Crippen MR) is 70.3 cm³/mol. The van der Waals surface area contributed by atoms with Crippen LogP contribution in [-0.4, -0.2) is 25.7 Å². The van der Waals surface area contributed by atoms with Crippen molar-refractivity contribution in [3.63, 3.8) is 0 Å². The fraction of sp³-hybridized carbons (Fsp3) is 0.538. The molecule has 1 aliphatic heterocycles. The predicted octanol–water partition coefficient (Wildman–Crippen LogP) is 3.06. The SMILES string of the molecule is CCCNC1CCN(c2cc(Cl)ccc2F)C1. The van der Waals surface area contributed by atoms with Gasteiger partial charge in [-0.3, -0.25) is 0 Å². The third-order valence-electron chi connectivity index (χ3n) is 3.12. The van der Waals surface area contributed by atoms with Crippen molar-refractivity contribution in [3.8, 4) is 0 Å². The highest BCUT2D eigenvalue weighted by Gasteiger charge is 2.23. The Morgan fingerprint density at radius 2 is 2.35 bits per heavy atom. The first-order chi connectivity index (χ1) is 8.20. The Balaban J connectivity index is 2.02. The zero-order valence-corrected chi connectivity index (χ0v) is 10.8. The molecule has 1 N–H and O–H groups in total. The van der Waals surface area contributed by atoms with Gasteiger partial charge in [-0.25, -0.2) is 4.39 Å². The second kappa shape index (κ2) is 5.69. The van der Waals surface area contributed by atoms with Crippen LogP contribution in [0.2, 0.25) is 5.02 Å². The highest BCUT2D eigenvalue weighted by molar-refractivity contribution is 6.30. The van der Waals surface area contributed by atoms with E-state index in [1.165, 1.54) is 6.07 Å². The molecule has 0 amide bonds. The summed E-state index contributed by atoms with van der Waals surface area (Å²) in [6.07, 6.45) is 2.19. The summed E-state index contributed by atoms with van der Waals surface area (Å²) < 4.78 is 13.7. The Kier molecular flexibility index (Phi) is 4.24. The minimum absolute atomic E-state index is 0.189. The lowest BCUT2D eigenvalue weighted by Gasteiger charge is -2.20. The Bertz CT molecular complexity index is 384. The molecule has 1 saturated heterocycles. The van der Waals surface area contributed by atoms with Gasteiger partial charge in [0.2, 0.25) is 0 Å². The van der Waals surface area contributed by atoms with Crippen LogP contribution in [0.4, 0.5) is 10.1 Å². The number of nitrogens with one attached hydrogen (secondary N) is 1. The maximum atomic E-state index is 13.7. The van der Waals surface area contributed by atoms with Gasteiger partial charge in [-0.15, -0.1) is 0 Å². The van der Waals surface area contributed by atoms with Crippen LogP contribution < -0.4 is 10.2 Å². The molecule has 1 aromatic carbocycles. The molecule has 4 heteroatoms. The van der Waals surface area contributed by atoms with E-state index < -0.39 is 0 Å². The largest absolute Gasteiger partial charge is 0.368 e. The molecule has 1 heterocycles. The van der Waals surface area contributed by atoms with Gasteiger partial charge in [0.25, 0.3) is 0 Å². The normalized spacial score (nSPS) is 19.9. The fourth-order valence-corrected chi connectivity index (χ4v) is 2.39. The molecule has 1 fully saturated rings. The first-order valence-electron chi connectivity index (χ1n) is 6.14. The van der Waals surface area contributed by atoms with Crippen molar-refractivity contribution in [1.29, 1.82) is 0 Å². The summed E-state index contributed by atoms with van der Waals surface area (Å²) >= 11 is 5.91. The van der Waals surface area contributed by atoms with E-state index in [-0.39, 0.29) is 5.82 Å². The zero-order valence-electron chi connectivity index (χ0n) is 10.0. The van der Waals surface area contributed by atoms with Crippen LogP contribution in [0.3, 0.4) is 0 Å². The fourth-order valence-electron chi connectivity index (χ4n) is 2.22. The Hall–Kier alpha value is -0.800. The van der Waals surface area contributed by atoms with Gasteiger partial charge in [-0.05, 0) is 37.6 Å². The van der Waals surface area contributed by atoms with Crippen LogP contribution in [0.25, 0.3) is 0 Å². The third-order valence-corrected chi connectivity index (χ3v) is 3.36. The lowest BCUT2D eigenvalue weighted by atomic mass is 10.2. The first kappa shape index (κ1) is 12.7. The van der Waals surface area contributed by atoms with E-state index in [1.807, 2.05) is 0 Å². The zero-order chi connectivity index (χ0) is 12.3. The Morgan fingerprint density at radius 3 is 3.12 bits per heavy atom. The highest BCUT2D eigenvalue weighted by atomic mass is 35.5. The summed E-state index contributed by atoms with van der Waals surface area (Å²) in [6.45, 7) is 4.92. The molecule has 94 valence electrons. The van der Waals surface area contributed by atoms with E-state index in [0.29, 0.717) is 16.8 Å². The van der Waals surface area contributed by atoms with Crippen molar-refractivity contribution in [2.75, 3.05) is 24.5 Å². The molecule has 1 unspecified atom stereocenters. The van der Waals surface area contributed by atoms with E-state index in [0.717, 1.165) is 32.5 Å². The van der Waals surface area contributed by atoms with Crippen LogP contribution >= 0.6 is 11.6 Å². The van der Waals surface area contributed by atoms with Gasteiger partial charge < -0.3 is 10.2 Å². The van der Waals surface area contributed by atoms with Gasteiger partial charge in [-0.2, -0.15) is 0 Å². The molecule has 0 saturated carbocycles. The molecule has 0 aliphatic carbocycles. The molecule has 0 bridgehead atoms. The smallest absolute Gasteiger partial charge is 0.146 e. The summed E-state index contributed by atoms with van der Waals surface area (Å²) in [7, 11) is 0. The van der Waals surface area contributed by atoms with Crippen molar-refractivity contribution in [2.24, 2.45) is 0 Å². The lowest BCUT2D eigenvalue weighted by Crippen LogP contribution is -2.33. The molecular weight excluding hydrogens is 239 g/mol. The molecule has 2 rings (SSSR count). The summed E-state index contributed by atoms with van der Waals surface area (Å²) in [5.74, 6) is -0.189. The molecule has 0 aromatic heterocycles. The topological polar surface area (TPSA) is 15.3 Å². The molecule has 0 spiro atoms. The number of benzene rings is 1.